The molecule has 2 atom stereocenters. The highest BCUT2D eigenvalue weighted by Crippen LogP contribution is 2.33. The number of amides is 1. The Morgan fingerprint density at radius 2 is 2.39 bits per heavy atom. The molecular formula is C16H23N5O2. The number of hydrogen-bond donors (Lipinski definition) is 2. The van der Waals surface area contributed by atoms with Crippen molar-refractivity contribution in [3.8, 4) is 0 Å². The SMILES string of the molecule is CCn1cc([C@@H]2OCCC[C@H]2CNC(=O)c2cn[nH]c2C)cn1. The first-order valence-electron chi connectivity index (χ1n) is 8.11. The molecule has 124 valence electrons. The molecule has 23 heavy (non-hydrogen) atoms. The molecule has 0 aromatic carbocycles. The molecule has 2 aromatic rings. The second-order valence-corrected chi connectivity index (χ2v) is 5.94. The van der Waals surface area contributed by atoms with Crippen LogP contribution in [0.2, 0.25) is 0 Å². The summed E-state index contributed by atoms with van der Waals surface area (Å²) in [6.07, 6.45) is 7.51. The second-order valence-electron chi connectivity index (χ2n) is 5.94. The first-order chi connectivity index (χ1) is 11.2. The van der Waals surface area contributed by atoms with E-state index < -0.39 is 0 Å². The van der Waals surface area contributed by atoms with E-state index in [0.29, 0.717) is 12.1 Å². The van der Waals surface area contributed by atoms with Crippen LogP contribution in [0.15, 0.2) is 18.6 Å². The first kappa shape index (κ1) is 15.7. The molecule has 0 unspecified atom stereocenters. The van der Waals surface area contributed by atoms with E-state index >= 15 is 0 Å². The highest BCUT2D eigenvalue weighted by molar-refractivity contribution is 5.94. The molecule has 1 fully saturated rings. The third-order valence-corrected chi connectivity index (χ3v) is 4.35. The number of ether oxygens (including phenoxy) is 1. The van der Waals surface area contributed by atoms with Crippen LogP contribution in [0.4, 0.5) is 0 Å². The van der Waals surface area contributed by atoms with Crippen molar-refractivity contribution in [3.05, 3.63) is 35.4 Å². The summed E-state index contributed by atoms with van der Waals surface area (Å²) in [6.45, 7) is 6.09. The molecule has 3 rings (SSSR count). The van der Waals surface area contributed by atoms with Gasteiger partial charge in [0.25, 0.3) is 5.91 Å². The fraction of sp³-hybridized carbons (Fsp3) is 0.562. The number of nitrogens with zero attached hydrogens (tertiary/aromatic N) is 3. The molecule has 0 bridgehead atoms. The lowest BCUT2D eigenvalue weighted by Crippen LogP contribution is -2.35. The Bertz CT molecular complexity index is 663. The van der Waals surface area contributed by atoms with Gasteiger partial charge in [0.15, 0.2) is 0 Å². The van der Waals surface area contributed by atoms with E-state index in [1.54, 1.807) is 6.20 Å². The lowest BCUT2D eigenvalue weighted by molar-refractivity contribution is -0.0273. The Morgan fingerprint density at radius 1 is 1.52 bits per heavy atom. The largest absolute Gasteiger partial charge is 0.373 e. The molecule has 0 radical (unpaired) electrons. The van der Waals surface area contributed by atoms with E-state index in [9.17, 15) is 4.79 Å². The van der Waals surface area contributed by atoms with E-state index in [-0.39, 0.29) is 17.9 Å². The summed E-state index contributed by atoms with van der Waals surface area (Å²) in [5, 5.41) is 14.0. The molecule has 0 spiro atoms. The van der Waals surface area contributed by atoms with Gasteiger partial charge in [0.05, 0.1) is 24.1 Å². The maximum atomic E-state index is 12.2. The van der Waals surface area contributed by atoms with Crippen LogP contribution in [0.3, 0.4) is 0 Å². The molecule has 1 aliphatic rings. The van der Waals surface area contributed by atoms with E-state index in [2.05, 4.69) is 27.5 Å². The number of nitrogens with one attached hydrogen (secondary N) is 2. The van der Waals surface area contributed by atoms with Crippen LogP contribution >= 0.6 is 0 Å². The summed E-state index contributed by atoms with van der Waals surface area (Å²) in [5.74, 6) is 0.166. The Morgan fingerprint density at radius 3 is 3.09 bits per heavy atom. The first-order valence-corrected chi connectivity index (χ1v) is 8.11. The molecule has 1 amide bonds. The normalized spacial score (nSPS) is 21.3. The smallest absolute Gasteiger partial charge is 0.254 e. The third kappa shape index (κ3) is 3.44. The predicted molar refractivity (Wildman–Crippen MR) is 85.0 cm³/mol. The van der Waals surface area contributed by atoms with E-state index in [0.717, 1.165) is 37.3 Å². The zero-order valence-electron chi connectivity index (χ0n) is 13.6. The van der Waals surface area contributed by atoms with Gasteiger partial charge in [0.1, 0.15) is 0 Å². The number of aryl methyl sites for hydroxylation is 2. The number of carbonyl (C=O) groups is 1. The molecule has 1 saturated heterocycles. The molecule has 2 N–H and O–H groups in total. The number of H-pyrrole nitrogens is 1. The molecule has 3 heterocycles. The van der Waals surface area contributed by atoms with Crippen molar-refractivity contribution < 1.29 is 9.53 Å². The van der Waals surface area contributed by atoms with Crippen LogP contribution in [-0.2, 0) is 11.3 Å². The minimum Gasteiger partial charge on any atom is -0.373 e. The van der Waals surface area contributed by atoms with Crippen LogP contribution < -0.4 is 5.32 Å². The maximum absolute atomic E-state index is 12.2. The van der Waals surface area contributed by atoms with Crippen molar-refractivity contribution in [1.29, 1.82) is 0 Å². The molecule has 7 nitrogen and oxygen atoms in total. The van der Waals surface area contributed by atoms with Crippen LogP contribution in [-0.4, -0.2) is 39.0 Å². The quantitative estimate of drug-likeness (QED) is 0.881. The van der Waals surface area contributed by atoms with Gasteiger partial charge in [-0.05, 0) is 26.7 Å². The van der Waals surface area contributed by atoms with Crippen molar-refractivity contribution >= 4 is 5.91 Å². The number of carbonyl (C=O) groups excluding carboxylic acids is 1. The van der Waals surface area contributed by atoms with Crippen molar-refractivity contribution in [3.63, 3.8) is 0 Å². The van der Waals surface area contributed by atoms with Gasteiger partial charge in [-0.15, -0.1) is 0 Å². The van der Waals surface area contributed by atoms with Gasteiger partial charge < -0.3 is 10.1 Å². The Kier molecular flexibility index (Phi) is 4.76. The van der Waals surface area contributed by atoms with Crippen molar-refractivity contribution in [1.82, 2.24) is 25.3 Å². The molecule has 7 heteroatoms. The van der Waals surface area contributed by atoms with Gasteiger partial charge in [-0.1, -0.05) is 0 Å². The number of rotatable bonds is 5. The highest BCUT2D eigenvalue weighted by Gasteiger charge is 2.29. The standard InChI is InChI=1S/C16H23N5O2/c1-3-21-10-13(8-19-21)15-12(5-4-6-23-15)7-17-16(22)14-9-18-20-11(14)2/h8-10,12,15H,3-7H2,1-2H3,(H,17,22)(H,18,20)/t12-,15+/m0/s1. The van der Waals surface area contributed by atoms with E-state index in [1.807, 2.05) is 24.0 Å². The predicted octanol–water partition coefficient (Wildman–Crippen LogP) is 1.83. The Balaban J connectivity index is 1.65. The van der Waals surface area contributed by atoms with E-state index in [4.69, 9.17) is 4.74 Å². The maximum Gasteiger partial charge on any atom is 0.254 e. The zero-order chi connectivity index (χ0) is 16.2. The van der Waals surface area contributed by atoms with Gasteiger partial charge >= 0.3 is 0 Å². The fourth-order valence-corrected chi connectivity index (χ4v) is 3.02. The summed E-state index contributed by atoms with van der Waals surface area (Å²) in [4.78, 5) is 12.2. The minimum absolute atomic E-state index is 0.00482. The molecule has 2 aromatic heterocycles. The zero-order valence-corrected chi connectivity index (χ0v) is 13.6. The van der Waals surface area contributed by atoms with Crippen molar-refractivity contribution in [2.24, 2.45) is 5.92 Å². The molecule has 0 aliphatic carbocycles. The topological polar surface area (TPSA) is 84.8 Å². The van der Waals surface area contributed by atoms with Gasteiger partial charge in [-0.3, -0.25) is 14.6 Å². The molecule has 0 saturated carbocycles. The van der Waals surface area contributed by atoms with Gasteiger partial charge in [-0.2, -0.15) is 10.2 Å². The monoisotopic (exact) mass is 317 g/mol. The van der Waals surface area contributed by atoms with Gasteiger partial charge in [0, 0.05) is 43.1 Å². The van der Waals surface area contributed by atoms with Crippen LogP contribution in [0.25, 0.3) is 0 Å². The molecule has 1 aliphatic heterocycles. The number of aromatic nitrogens is 4. The fourth-order valence-electron chi connectivity index (χ4n) is 3.02. The van der Waals surface area contributed by atoms with Crippen molar-refractivity contribution in [2.75, 3.05) is 13.2 Å². The molecular weight excluding hydrogens is 294 g/mol. The van der Waals surface area contributed by atoms with Crippen molar-refractivity contribution in [2.45, 2.75) is 39.3 Å². The summed E-state index contributed by atoms with van der Waals surface area (Å²) in [7, 11) is 0. The minimum atomic E-state index is -0.0928. The Hall–Kier alpha value is -2.15. The highest BCUT2D eigenvalue weighted by atomic mass is 16.5. The summed E-state index contributed by atoms with van der Waals surface area (Å²) in [5.41, 5.74) is 2.46. The van der Waals surface area contributed by atoms with Crippen LogP contribution in [0.5, 0.6) is 0 Å². The lowest BCUT2D eigenvalue weighted by Gasteiger charge is -2.31. The van der Waals surface area contributed by atoms with Gasteiger partial charge in [-0.25, -0.2) is 0 Å². The lowest BCUT2D eigenvalue weighted by atomic mass is 9.90. The number of aromatic amines is 1. The van der Waals surface area contributed by atoms with Crippen LogP contribution in [0.1, 0.15) is 47.5 Å². The Labute approximate surface area is 135 Å². The summed E-state index contributed by atoms with van der Waals surface area (Å²) >= 11 is 0. The summed E-state index contributed by atoms with van der Waals surface area (Å²) < 4.78 is 7.86. The average molecular weight is 317 g/mol. The average Bonchev–Trinajstić information content (AvgIpc) is 3.21. The third-order valence-electron chi connectivity index (χ3n) is 4.35. The van der Waals surface area contributed by atoms with E-state index in [1.165, 1.54) is 0 Å². The summed E-state index contributed by atoms with van der Waals surface area (Å²) in [6, 6.07) is 0. The second kappa shape index (κ2) is 6.95. The number of hydrogen-bond acceptors (Lipinski definition) is 4. The van der Waals surface area contributed by atoms with Crippen LogP contribution in [0, 0.1) is 12.8 Å². The van der Waals surface area contributed by atoms with Gasteiger partial charge in [0.2, 0.25) is 0 Å².